The number of methoxy groups -OCH3 is 1. The van der Waals surface area contributed by atoms with Crippen LogP contribution in [0.1, 0.15) is 67.1 Å². The zero-order chi connectivity index (χ0) is 29.7. The molecular formula is C30H41ClO7SSi. The van der Waals surface area contributed by atoms with Crippen molar-refractivity contribution < 1.29 is 33.0 Å². The fraction of sp³-hybridized carbons (Fsp3) is 0.567. The van der Waals surface area contributed by atoms with Gasteiger partial charge < -0.3 is 18.6 Å². The molecule has 1 aromatic carbocycles. The van der Waals surface area contributed by atoms with E-state index in [0.717, 1.165) is 23.3 Å². The van der Waals surface area contributed by atoms with E-state index in [-0.39, 0.29) is 47.3 Å². The Morgan fingerprint density at radius 1 is 1.15 bits per heavy atom. The van der Waals surface area contributed by atoms with Crippen LogP contribution in [0.25, 0.3) is 0 Å². The number of esters is 2. The zero-order valence-corrected chi connectivity index (χ0v) is 27.1. The molecule has 1 heterocycles. The van der Waals surface area contributed by atoms with Gasteiger partial charge in [-0.05, 0) is 73.3 Å². The summed E-state index contributed by atoms with van der Waals surface area (Å²) in [5.41, 5.74) is 0.730. The van der Waals surface area contributed by atoms with E-state index < -0.39 is 8.32 Å². The minimum Gasteiger partial charge on any atom is -0.493 e. The lowest BCUT2D eigenvalue weighted by molar-refractivity contribution is -0.142. The van der Waals surface area contributed by atoms with Gasteiger partial charge in [0.1, 0.15) is 23.0 Å². The van der Waals surface area contributed by atoms with Gasteiger partial charge in [-0.1, -0.05) is 32.4 Å². The first-order valence-corrected chi connectivity index (χ1v) is 17.7. The third-order valence-electron chi connectivity index (χ3n) is 7.86. The summed E-state index contributed by atoms with van der Waals surface area (Å²) in [6.45, 7) is 12.8. The number of carbonyl (C=O) groups excluding carboxylic acids is 3. The van der Waals surface area contributed by atoms with E-state index in [2.05, 4.69) is 33.9 Å². The molecule has 3 rings (SSSR count). The average Bonchev–Trinajstić information content (AvgIpc) is 3.44. The van der Waals surface area contributed by atoms with E-state index in [1.165, 1.54) is 25.4 Å². The van der Waals surface area contributed by atoms with Gasteiger partial charge in [0.2, 0.25) is 0 Å². The summed E-state index contributed by atoms with van der Waals surface area (Å²) < 4.78 is 23.0. The fourth-order valence-electron chi connectivity index (χ4n) is 4.67. The maximum Gasteiger partial charge on any atom is 0.348 e. The van der Waals surface area contributed by atoms with Gasteiger partial charge >= 0.3 is 11.9 Å². The quantitative estimate of drug-likeness (QED) is 0.185. The van der Waals surface area contributed by atoms with E-state index in [0.29, 0.717) is 35.1 Å². The molecule has 10 heteroatoms. The van der Waals surface area contributed by atoms with Crippen molar-refractivity contribution in [1.82, 2.24) is 0 Å². The van der Waals surface area contributed by atoms with E-state index in [4.69, 9.17) is 30.2 Å². The van der Waals surface area contributed by atoms with E-state index >= 15 is 0 Å². The standard InChI is InChI=1S/C30H41ClO7SSi/c1-19(32)36-17-20-13-21(31)15-22(14-20)37-18-25-24(10-8-9-23-11-12-28(39-23)29(34)35-5)26(33)16-27(25)38-40(6,7)30(2,3)4/h11-15,24-25,27H,8-10,16-18H2,1-7H3/t24-,25-,27-/m1/s1. The number of benzene rings is 1. The highest BCUT2D eigenvalue weighted by Crippen LogP contribution is 2.43. The van der Waals surface area contributed by atoms with Crippen molar-refractivity contribution >= 4 is 49.0 Å². The number of hydrogen-bond donors (Lipinski definition) is 0. The molecule has 220 valence electrons. The van der Waals surface area contributed by atoms with Crippen molar-refractivity contribution in [2.45, 2.75) is 84.2 Å². The molecule has 1 fully saturated rings. The molecule has 1 aliphatic carbocycles. The van der Waals surface area contributed by atoms with E-state index in [1.807, 2.05) is 6.07 Å². The summed E-state index contributed by atoms with van der Waals surface area (Å²) in [6, 6.07) is 9.00. The number of thiophene rings is 1. The molecule has 1 aromatic heterocycles. The SMILES string of the molecule is COC(=O)c1ccc(CCC[C@H]2C(=O)C[C@@H](O[Si](C)(C)C(C)(C)C)[C@@H]2COc2cc(Cl)cc(COC(C)=O)c2)s1. The second-order valence-electron chi connectivity index (χ2n) is 11.9. The van der Waals surface area contributed by atoms with Gasteiger partial charge in [-0.25, -0.2) is 4.79 Å². The Balaban J connectivity index is 1.75. The van der Waals surface area contributed by atoms with Crippen LogP contribution in [0.3, 0.4) is 0 Å². The third kappa shape index (κ3) is 8.65. The summed E-state index contributed by atoms with van der Waals surface area (Å²) >= 11 is 7.74. The smallest absolute Gasteiger partial charge is 0.348 e. The van der Waals surface area contributed by atoms with Crippen LogP contribution in [0.4, 0.5) is 0 Å². The van der Waals surface area contributed by atoms with Gasteiger partial charge in [0.05, 0.1) is 19.8 Å². The number of rotatable bonds is 12. The summed E-state index contributed by atoms with van der Waals surface area (Å²) in [7, 11) is -0.757. The lowest BCUT2D eigenvalue weighted by atomic mass is 9.90. The molecule has 0 N–H and O–H groups in total. The van der Waals surface area contributed by atoms with Crippen LogP contribution in [0, 0.1) is 11.8 Å². The van der Waals surface area contributed by atoms with Crippen LogP contribution in [-0.2, 0) is 36.5 Å². The molecule has 0 bridgehead atoms. The van der Waals surface area contributed by atoms with Crippen molar-refractivity contribution in [3.05, 3.63) is 50.7 Å². The van der Waals surface area contributed by atoms with Gasteiger partial charge in [-0.3, -0.25) is 9.59 Å². The van der Waals surface area contributed by atoms with Crippen LogP contribution in [0.2, 0.25) is 23.2 Å². The number of halogens is 1. The molecule has 1 saturated carbocycles. The van der Waals surface area contributed by atoms with Gasteiger partial charge in [0.25, 0.3) is 0 Å². The molecule has 2 aromatic rings. The van der Waals surface area contributed by atoms with Crippen molar-refractivity contribution in [2.24, 2.45) is 11.8 Å². The first kappa shape index (κ1) is 32.3. The maximum atomic E-state index is 13.3. The number of aryl methyl sites for hydroxylation is 1. The lowest BCUT2D eigenvalue weighted by Crippen LogP contribution is -2.46. The van der Waals surface area contributed by atoms with Crippen molar-refractivity contribution in [3.8, 4) is 5.75 Å². The van der Waals surface area contributed by atoms with Crippen molar-refractivity contribution in [1.29, 1.82) is 0 Å². The normalized spacial score (nSPS) is 19.5. The molecule has 0 radical (unpaired) electrons. The Morgan fingerprint density at radius 2 is 1.88 bits per heavy atom. The Kier molecular flexibility index (Phi) is 11.0. The summed E-state index contributed by atoms with van der Waals surface area (Å²) in [4.78, 5) is 38.0. The minimum atomic E-state index is -2.13. The molecule has 0 spiro atoms. The molecule has 1 aliphatic rings. The first-order chi connectivity index (χ1) is 18.7. The highest BCUT2D eigenvalue weighted by Gasteiger charge is 2.48. The third-order valence-corrected chi connectivity index (χ3v) is 13.7. The Bertz CT molecular complexity index is 1200. The largest absolute Gasteiger partial charge is 0.493 e. The predicted molar refractivity (Wildman–Crippen MR) is 160 cm³/mol. The topological polar surface area (TPSA) is 88.1 Å². The Morgan fingerprint density at radius 3 is 2.52 bits per heavy atom. The lowest BCUT2D eigenvalue weighted by Gasteiger charge is -2.40. The second kappa shape index (κ2) is 13.6. The molecular weight excluding hydrogens is 568 g/mol. The monoisotopic (exact) mass is 608 g/mol. The predicted octanol–water partition coefficient (Wildman–Crippen LogP) is 7.25. The minimum absolute atomic E-state index is 0.00856. The molecule has 0 amide bonds. The molecule has 7 nitrogen and oxygen atoms in total. The van der Waals surface area contributed by atoms with Gasteiger partial charge in [0, 0.05) is 35.1 Å². The molecule has 40 heavy (non-hydrogen) atoms. The molecule has 0 unspecified atom stereocenters. The maximum absolute atomic E-state index is 13.3. The number of hydrogen-bond acceptors (Lipinski definition) is 8. The molecule has 3 atom stereocenters. The number of ether oxygens (including phenoxy) is 3. The van der Waals surface area contributed by atoms with E-state index in [1.54, 1.807) is 24.3 Å². The van der Waals surface area contributed by atoms with Gasteiger partial charge in [-0.15, -0.1) is 11.3 Å². The number of ketones is 1. The second-order valence-corrected chi connectivity index (χ2v) is 18.3. The number of carbonyl (C=O) groups is 3. The zero-order valence-electron chi connectivity index (χ0n) is 24.5. The highest BCUT2D eigenvalue weighted by molar-refractivity contribution is 7.13. The summed E-state index contributed by atoms with van der Waals surface area (Å²) in [6.07, 6.45) is 2.46. The van der Waals surface area contributed by atoms with Gasteiger partial charge in [-0.2, -0.15) is 0 Å². The van der Waals surface area contributed by atoms with Gasteiger partial charge in [0.15, 0.2) is 8.32 Å². The number of Topliss-reactive ketones (excluding diaryl/α,β-unsaturated/α-hetero) is 1. The van der Waals surface area contributed by atoms with Crippen molar-refractivity contribution in [3.63, 3.8) is 0 Å². The molecule has 0 saturated heterocycles. The first-order valence-electron chi connectivity index (χ1n) is 13.6. The van der Waals surface area contributed by atoms with E-state index in [9.17, 15) is 14.4 Å². The van der Waals surface area contributed by atoms with Crippen LogP contribution in [-0.4, -0.2) is 45.9 Å². The van der Waals surface area contributed by atoms with Crippen LogP contribution in [0.5, 0.6) is 5.75 Å². The van der Waals surface area contributed by atoms with Crippen LogP contribution < -0.4 is 4.74 Å². The Hall–Kier alpha value is -2.20. The Labute approximate surface area is 247 Å². The van der Waals surface area contributed by atoms with Crippen molar-refractivity contribution in [2.75, 3.05) is 13.7 Å². The highest BCUT2D eigenvalue weighted by atomic mass is 35.5. The fourth-order valence-corrected chi connectivity index (χ4v) is 7.25. The summed E-state index contributed by atoms with van der Waals surface area (Å²) in [5, 5.41) is 0.490. The summed E-state index contributed by atoms with van der Waals surface area (Å²) in [5.74, 6) is -0.222. The molecule has 0 aliphatic heterocycles. The van der Waals surface area contributed by atoms with Crippen LogP contribution >= 0.6 is 22.9 Å². The average molecular weight is 609 g/mol. The van der Waals surface area contributed by atoms with Crippen LogP contribution in [0.15, 0.2) is 30.3 Å².